The molecule has 1 heterocycles. The van der Waals surface area contributed by atoms with Gasteiger partial charge in [0.1, 0.15) is 11.6 Å². The summed E-state index contributed by atoms with van der Waals surface area (Å²) in [6.45, 7) is 1.59. The van der Waals surface area contributed by atoms with Crippen molar-refractivity contribution in [2.45, 2.75) is 11.8 Å². The topological polar surface area (TPSA) is 102 Å². The zero-order chi connectivity index (χ0) is 14.9. The highest BCUT2D eigenvalue weighted by Gasteiger charge is 2.16. The Hall–Kier alpha value is -2.19. The van der Waals surface area contributed by atoms with Gasteiger partial charge in [-0.3, -0.25) is 4.79 Å². The number of amides is 1. The SMILES string of the molecule is Cc1occc1C(=O)Nc1ccc(S(N)(=O)=O)cc1F. The monoisotopic (exact) mass is 298 g/mol. The molecule has 1 aromatic carbocycles. The minimum atomic E-state index is -3.99. The number of carbonyl (C=O) groups is 1. The second-order valence-electron chi connectivity index (χ2n) is 4.03. The number of nitrogens with two attached hydrogens (primary N) is 1. The molecule has 1 aromatic heterocycles. The number of primary sulfonamides is 1. The van der Waals surface area contributed by atoms with Crippen LogP contribution in [0, 0.1) is 12.7 Å². The van der Waals surface area contributed by atoms with Crippen LogP contribution >= 0.6 is 0 Å². The van der Waals surface area contributed by atoms with E-state index in [4.69, 9.17) is 9.56 Å². The first-order chi connectivity index (χ1) is 9.29. The normalized spacial score (nSPS) is 11.3. The highest BCUT2D eigenvalue weighted by Crippen LogP contribution is 2.19. The van der Waals surface area contributed by atoms with Crippen molar-refractivity contribution in [3.8, 4) is 0 Å². The van der Waals surface area contributed by atoms with Crippen LogP contribution in [0.1, 0.15) is 16.1 Å². The Balaban J connectivity index is 2.27. The second-order valence-corrected chi connectivity index (χ2v) is 5.59. The molecule has 0 aliphatic rings. The van der Waals surface area contributed by atoms with Crippen LogP contribution in [-0.2, 0) is 10.0 Å². The van der Waals surface area contributed by atoms with Gasteiger partial charge in [-0.2, -0.15) is 0 Å². The first kappa shape index (κ1) is 14.2. The van der Waals surface area contributed by atoms with Gasteiger partial charge in [0, 0.05) is 0 Å². The number of carbonyl (C=O) groups excluding carboxylic acids is 1. The number of hydrogen-bond acceptors (Lipinski definition) is 4. The average molecular weight is 298 g/mol. The number of sulfonamides is 1. The van der Waals surface area contributed by atoms with E-state index in [0.29, 0.717) is 5.76 Å². The van der Waals surface area contributed by atoms with E-state index in [-0.39, 0.29) is 16.1 Å². The lowest BCUT2D eigenvalue weighted by molar-refractivity contribution is 0.102. The molecule has 0 saturated heterocycles. The van der Waals surface area contributed by atoms with E-state index in [1.807, 2.05) is 0 Å². The molecule has 2 aromatic rings. The summed E-state index contributed by atoms with van der Waals surface area (Å²) in [5, 5.41) is 7.20. The van der Waals surface area contributed by atoms with Gasteiger partial charge in [0.2, 0.25) is 10.0 Å². The molecule has 0 aliphatic carbocycles. The molecule has 2 rings (SSSR count). The third-order valence-corrected chi connectivity index (χ3v) is 3.53. The van der Waals surface area contributed by atoms with Gasteiger partial charge in [0.25, 0.3) is 5.91 Å². The van der Waals surface area contributed by atoms with Gasteiger partial charge in [-0.1, -0.05) is 0 Å². The summed E-state index contributed by atoms with van der Waals surface area (Å²) >= 11 is 0. The number of nitrogens with one attached hydrogen (secondary N) is 1. The van der Waals surface area contributed by atoms with Crippen LogP contribution in [0.4, 0.5) is 10.1 Å². The average Bonchev–Trinajstić information content (AvgIpc) is 2.76. The lowest BCUT2D eigenvalue weighted by Crippen LogP contribution is -2.15. The van der Waals surface area contributed by atoms with Crippen molar-refractivity contribution in [3.05, 3.63) is 47.7 Å². The van der Waals surface area contributed by atoms with E-state index in [1.54, 1.807) is 6.92 Å². The Morgan fingerprint density at radius 2 is 2.05 bits per heavy atom. The molecule has 1 amide bonds. The lowest BCUT2D eigenvalue weighted by Gasteiger charge is -2.07. The summed E-state index contributed by atoms with van der Waals surface area (Å²) in [5.41, 5.74) is 0.114. The van der Waals surface area contributed by atoms with Gasteiger partial charge in [-0.15, -0.1) is 0 Å². The summed E-state index contributed by atoms with van der Waals surface area (Å²) in [6.07, 6.45) is 1.34. The van der Waals surface area contributed by atoms with Crippen molar-refractivity contribution >= 4 is 21.6 Å². The third kappa shape index (κ3) is 2.86. The molecule has 0 aliphatic heterocycles. The van der Waals surface area contributed by atoms with Gasteiger partial charge in [0.05, 0.1) is 22.4 Å². The Bertz CT molecular complexity index is 768. The maximum absolute atomic E-state index is 13.7. The zero-order valence-corrected chi connectivity index (χ0v) is 11.2. The van der Waals surface area contributed by atoms with E-state index in [2.05, 4.69) is 5.32 Å². The molecule has 8 heteroatoms. The summed E-state index contributed by atoms with van der Waals surface area (Å²) in [5.74, 6) is -1.06. The van der Waals surface area contributed by atoms with Gasteiger partial charge in [0.15, 0.2) is 0 Å². The maximum Gasteiger partial charge on any atom is 0.259 e. The summed E-state index contributed by atoms with van der Waals surface area (Å²) < 4.78 is 40.8. The van der Waals surface area contributed by atoms with E-state index in [9.17, 15) is 17.6 Å². The Labute approximate surface area is 114 Å². The van der Waals surface area contributed by atoms with Crippen LogP contribution in [-0.4, -0.2) is 14.3 Å². The van der Waals surface area contributed by atoms with Gasteiger partial charge in [-0.05, 0) is 31.2 Å². The van der Waals surface area contributed by atoms with E-state index in [1.165, 1.54) is 12.3 Å². The van der Waals surface area contributed by atoms with Crippen molar-refractivity contribution in [2.24, 2.45) is 5.14 Å². The number of aryl methyl sites for hydroxylation is 1. The molecule has 20 heavy (non-hydrogen) atoms. The highest BCUT2D eigenvalue weighted by atomic mass is 32.2. The Morgan fingerprint density at radius 3 is 2.55 bits per heavy atom. The Kier molecular flexibility index (Phi) is 3.60. The van der Waals surface area contributed by atoms with Crippen LogP contribution in [0.25, 0.3) is 0 Å². The fraction of sp³-hybridized carbons (Fsp3) is 0.0833. The fourth-order valence-electron chi connectivity index (χ4n) is 1.58. The van der Waals surface area contributed by atoms with Crippen molar-refractivity contribution in [3.63, 3.8) is 0 Å². The highest BCUT2D eigenvalue weighted by molar-refractivity contribution is 7.89. The number of anilines is 1. The van der Waals surface area contributed by atoms with Crippen LogP contribution in [0.2, 0.25) is 0 Å². The van der Waals surface area contributed by atoms with Crippen molar-refractivity contribution in [1.82, 2.24) is 0 Å². The number of benzene rings is 1. The minimum Gasteiger partial charge on any atom is -0.469 e. The minimum absolute atomic E-state index is 0.150. The van der Waals surface area contributed by atoms with Crippen LogP contribution < -0.4 is 10.5 Å². The molecule has 106 valence electrons. The summed E-state index contributed by atoms with van der Waals surface area (Å²) in [6, 6.07) is 4.42. The smallest absolute Gasteiger partial charge is 0.259 e. The molecular formula is C12H11FN2O4S. The molecule has 6 nitrogen and oxygen atoms in total. The summed E-state index contributed by atoms with van der Waals surface area (Å²) in [4.78, 5) is 11.5. The molecule has 0 spiro atoms. The van der Waals surface area contributed by atoms with E-state index in [0.717, 1.165) is 18.2 Å². The van der Waals surface area contributed by atoms with Crippen molar-refractivity contribution in [2.75, 3.05) is 5.32 Å². The maximum atomic E-state index is 13.7. The summed E-state index contributed by atoms with van der Waals surface area (Å²) in [7, 11) is -3.99. The molecule has 0 atom stereocenters. The van der Waals surface area contributed by atoms with E-state index >= 15 is 0 Å². The largest absolute Gasteiger partial charge is 0.469 e. The van der Waals surface area contributed by atoms with Crippen LogP contribution in [0.5, 0.6) is 0 Å². The number of hydrogen-bond donors (Lipinski definition) is 2. The Morgan fingerprint density at radius 1 is 1.35 bits per heavy atom. The molecule has 0 radical (unpaired) electrons. The molecule has 0 bridgehead atoms. The van der Waals surface area contributed by atoms with Crippen molar-refractivity contribution < 1.29 is 22.0 Å². The standard InChI is InChI=1S/C12H11FN2O4S/c1-7-9(4-5-19-7)12(16)15-11-3-2-8(6-10(11)13)20(14,17)18/h2-6H,1H3,(H,15,16)(H2,14,17,18). The quantitative estimate of drug-likeness (QED) is 0.898. The van der Waals surface area contributed by atoms with E-state index < -0.39 is 21.7 Å². The van der Waals surface area contributed by atoms with Gasteiger partial charge < -0.3 is 9.73 Å². The third-order valence-electron chi connectivity index (χ3n) is 2.62. The van der Waals surface area contributed by atoms with Crippen LogP contribution in [0.3, 0.4) is 0 Å². The first-order valence-corrected chi connectivity index (χ1v) is 7.01. The number of halogens is 1. The molecule has 0 saturated carbocycles. The van der Waals surface area contributed by atoms with Gasteiger partial charge in [-0.25, -0.2) is 17.9 Å². The molecule has 0 fully saturated rings. The molecule has 3 N–H and O–H groups in total. The molecule has 0 unspecified atom stereocenters. The number of furan rings is 1. The predicted molar refractivity (Wildman–Crippen MR) is 69.2 cm³/mol. The molecular weight excluding hydrogens is 287 g/mol. The van der Waals surface area contributed by atoms with Gasteiger partial charge >= 0.3 is 0 Å². The predicted octanol–water partition coefficient (Wildman–Crippen LogP) is 1.63. The second kappa shape index (κ2) is 5.06. The van der Waals surface area contributed by atoms with Crippen LogP contribution in [0.15, 0.2) is 39.8 Å². The lowest BCUT2D eigenvalue weighted by atomic mass is 10.2. The fourth-order valence-corrected chi connectivity index (χ4v) is 2.11. The zero-order valence-electron chi connectivity index (χ0n) is 10.4. The first-order valence-electron chi connectivity index (χ1n) is 5.47. The number of rotatable bonds is 3. The van der Waals surface area contributed by atoms with Crippen molar-refractivity contribution in [1.29, 1.82) is 0 Å².